The third-order valence-electron chi connectivity index (χ3n) is 5.27. The minimum atomic E-state index is -0.222. The SMILES string of the molecule is CN1C(=O)CCC(N2Cc3cccc(NCCOCCOCCN)c3C2)C1=O. The number of carbonyl (C=O) groups excluding carboxylic acids is 2. The van der Waals surface area contributed by atoms with Gasteiger partial charge in [0.1, 0.15) is 0 Å². The van der Waals surface area contributed by atoms with Crippen molar-refractivity contribution in [2.45, 2.75) is 32.0 Å². The van der Waals surface area contributed by atoms with E-state index in [4.69, 9.17) is 15.2 Å². The highest BCUT2D eigenvalue weighted by Crippen LogP contribution is 2.32. The maximum absolute atomic E-state index is 12.5. The van der Waals surface area contributed by atoms with Crippen LogP contribution in [0.25, 0.3) is 0 Å². The van der Waals surface area contributed by atoms with Gasteiger partial charge in [-0.3, -0.25) is 19.4 Å². The molecule has 1 atom stereocenters. The van der Waals surface area contributed by atoms with Crippen LogP contribution < -0.4 is 11.1 Å². The molecule has 8 nitrogen and oxygen atoms in total. The molecule has 0 spiro atoms. The van der Waals surface area contributed by atoms with Crippen LogP contribution in [0.15, 0.2) is 18.2 Å². The van der Waals surface area contributed by atoms with E-state index in [1.54, 1.807) is 7.05 Å². The van der Waals surface area contributed by atoms with Crippen molar-refractivity contribution in [3.05, 3.63) is 29.3 Å². The zero-order chi connectivity index (χ0) is 19.9. The molecule has 3 N–H and O–H groups in total. The Morgan fingerprint density at radius 1 is 1.14 bits per heavy atom. The molecule has 1 unspecified atom stereocenters. The van der Waals surface area contributed by atoms with Crippen LogP contribution >= 0.6 is 0 Å². The summed E-state index contributed by atoms with van der Waals surface area (Å²) in [6, 6.07) is 5.98. The fraction of sp³-hybridized carbons (Fsp3) is 0.600. The maximum Gasteiger partial charge on any atom is 0.246 e. The second-order valence-corrected chi connectivity index (χ2v) is 7.13. The number of amides is 2. The number of nitrogens with one attached hydrogen (secondary N) is 1. The highest BCUT2D eigenvalue weighted by molar-refractivity contribution is 6.00. The highest BCUT2D eigenvalue weighted by Gasteiger charge is 2.38. The molecule has 8 heteroatoms. The van der Waals surface area contributed by atoms with E-state index < -0.39 is 0 Å². The molecule has 0 aliphatic carbocycles. The topological polar surface area (TPSA) is 97.1 Å². The largest absolute Gasteiger partial charge is 0.382 e. The molecule has 154 valence electrons. The van der Waals surface area contributed by atoms with Crippen LogP contribution in [-0.4, -0.2) is 74.2 Å². The number of fused-ring (bicyclic) bond motifs is 1. The Morgan fingerprint density at radius 3 is 2.71 bits per heavy atom. The normalized spacial score (nSPS) is 19.9. The van der Waals surface area contributed by atoms with Crippen LogP contribution in [0.3, 0.4) is 0 Å². The zero-order valence-corrected chi connectivity index (χ0v) is 16.5. The number of anilines is 1. The number of benzene rings is 1. The van der Waals surface area contributed by atoms with Gasteiger partial charge in [-0.25, -0.2) is 0 Å². The van der Waals surface area contributed by atoms with E-state index in [-0.39, 0.29) is 17.9 Å². The molecule has 2 amide bonds. The number of ether oxygens (including phenoxy) is 2. The zero-order valence-electron chi connectivity index (χ0n) is 16.5. The van der Waals surface area contributed by atoms with Crippen LogP contribution in [0, 0.1) is 0 Å². The lowest BCUT2D eigenvalue weighted by Crippen LogP contribution is -2.51. The number of carbonyl (C=O) groups is 2. The molecule has 0 radical (unpaired) electrons. The first kappa shape index (κ1) is 20.7. The Morgan fingerprint density at radius 2 is 1.93 bits per heavy atom. The fourth-order valence-electron chi connectivity index (χ4n) is 3.73. The second kappa shape index (κ2) is 9.97. The Hall–Kier alpha value is -2.00. The lowest BCUT2D eigenvalue weighted by molar-refractivity contribution is -0.151. The third kappa shape index (κ3) is 4.88. The van der Waals surface area contributed by atoms with Gasteiger partial charge in [0.15, 0.2) is 0 Å². The maximum atomic E-state index is 12.5. The van der Waals surface area contributed by atoms with Crippen LogP contribution in [0.5, 0.6) is 0 Å². The van der Waals surface area contributed by atoms with Crippen molar-refractivity contribution < 1.29 is 19.1 Å². The van der Waals surface area contributed by atoms with Crippen molar-refractivity contribution in [1.82, 2.24) is 9.80 Å². The quantitative estimate of drug-likeness (QED) is 0.445. The Bertz CT molecular complexity index is 697. The van der Waals surface area contributed by atoms with E-state index in [2.05, 4.69) is 22.3 Å². The van der Waals surface area contributed by atoms with E-state index in [0.717, 1.165) is 12.2 Å². The third-order valence-corrected chi connectivity index (χ3v) is 5.27. The molecule has 3 rings (SSSR count). The lowest BCUT2D eigenvalue weighted by Gasteiger charge is -2.33. The van der Waals surface area contributed by atoms with Gasteiger partial charge in [-0.1, -0.05) is 12.1 Å². The smallest absolute Gasteiger partial charge is 0.246 e. The Labute approximate surface area is 165 Å². The summed E-state index contributed by atoms with van der Waals surface area (Å²) in [5, 5.41) is 3.44. The minimum Gasteiger partial charge on any atom is -0.382 e. The number of imide groups is 1. The first-order valence-electron chi connectivity index (χ1n) is 9.86. The van der Waals surface area contributed by atoms with E-state index in [1.165, 1.54) is 16.0 Å². The molecule has 1 saturated heterocycles. The number of hydrogen-bond donors (Lipinski definition) is 2. The van der Waals surface area contributed by atoms with Crippen molar-refractivity contribution >= 4 is 17.5 Å². The van der Waals surface area contributed by atoms with E-state index in [0.29, 0.717) is 58.9 Å². The van der Waals surface area contributed by atoms with Gasteiger partial charge < -0.3 is 20.5 Å². The van der Waals surface area contributed by atoms with E-state index in [9.17, 15) is 9.59 Å². The summed E-state index contributed by atoms with van der Waals surface area (Å²) < 4.78 is 10.8. The number of likely N-dealkylation sites (tertiary alicyclic amines) is 1. The number of hydrogen-bond acceptors (Lipinski definition) is 7. The standard InChI is InChI=1S/C20H30N4O4/c1-23-19(25)6-5-18(20(23)26)24-13-15-3-2-4-17(16(15)14-24)22-8-10-28-12-11-27-9-7-21/h2-4,18,22H,5-14,21H2,1H3. The molecule has 2 aliphatic rings. The predicted molar refractivity (Wildman–Crippen MR) is 106 cm³/mol. The van der Waals surface area contributed by atoms with Gasteiger partial charge >= 0.3 is 0 Å². The molecule has 1 aromatic carbocycles. The van der Waals surface area contributed by atoms with Gasteiger partial charge in [0, 0.05) is 45.3 Å². The number of nitrogens with two attached hydrogens (primary N) is 1. The van der Waals surface area contributed by atoms with Gasteiger partial charge in [-0.05, 0) is 23.6 Å². The van der Waals surface area contributed by atoms with E-state index in [1.807, 2.05) is 6.07 Å². The summed E-state index contributed by atoms with van der Waals surface area (Å²) in [6.45, 7) is 4.93. The fourth-order valence-corrected chi connectivity index (χ4v) is 3.73. The molecular weight excluding hydrogens is 360 g/mol. The molecule has 2 heterocycles. The molecule has 0 aromatic heterocycles. The molecular formula is C20H30N4O4. The number of likely N-dealkylation sites (N-methyl/N-ethyl adjacent to an activating group) is 1. The molecule has 1 aromatic rings. The number of nitrogens with zero attached hydrogens (tertiary/aromatic N) is 2. The minimum absolute atomic E-state index is 0.0891. The van der Waals surface area contributed by atoms with Gasteiger partial charge in [-0.2, -0.15) is 0 Å². The molecule has 1 fully saturated rings. The van der Waals surface area contributed by atoms with Crippen molar-refractivity contribution in [3.8, 4) is 0 Å². The summed E-state index contributed by atoms with van der Waals surface area (Å²) in [6.07, 6.45) is 1.02. The average molecular weight is 390 g/mol. The summed E-state index contributed by atoms with van der Waals surface area (Å²) in [7, 11) is 1.58. The Kier molecular flexibility index (Phi) is 7.38. The Balaban J connectivity index is 1.49. The second-order valence-electron chi connectivity index (χ2n) is 7.13. The van der Waals surface area contributed by atoms with Crippen molar-refractivity contribution in [1.29, 1.82) is 0 Å². The average Bonchev–Trinajstić information content (AvgIpc) is 3.13. The summed E-state index contributed by atoms with van der Waals surface area (Å²) in [5.41, 5.74) is 8.90. The summed E-state index contributed by atoms with van der Waals surface area (Å²) >= 11 is 0. The molecule has 2 aliphatic heterocycles. The predicted octanol–water partition coefficient (Wildman–Crippen LogP) is 0.553. The van der Waals surface area contributed by atoms with Crippen LogP contribution in [-0.2, 0) is 32.2 Å². The van der Waals surface area contributed by atoms with Gasteiger partial charge in [-0.15, -0.1) is 0 Å². The van der Waals surface area contributed by atoms with Crippen LogP contribution in [0.2, 0.25) is 0 Å². The van der Waals surface area contributed by atoms with Gasteiger partial charge in [0.25, 0.3) is 0 Å². The number of rotatable bonds is 10. The summed E-state index contributed by atoms with van der Waals surface area (Å²) in [4.78, 5) is 27.7. The first-order valence-corrected chi connectivity index (χ1v) is 9.86. The lowest BCUT2D eigenvalue weighted by atomic mass is 10.0. The molecule has 0 bridgehead atoms. The molecule has 28 heavy (non-hydrogen) atoms. The van der Waals surface area contributed by atoms with Crippen molar-refractivity contribution in [2.75, 3.05) is 51.9 Å². The van der Waals surface area contributed by atoms with Crippen molar-refractivity contribution in [2.24, 2.45) is 5.73 Å². The number of piperidine rings is 1. The monoisotopic (exact) mass is 390 g/mol. The van der Waals surface area contributed by atoms with Crippen molar-refractivity contribution in [3.63, 3.8) is 0 Å². The van der Waals surface area contributed by atoms with Crippen LogP contribution in [0.4, 0.5) is 5.69 Å². The van der Waals surface area contributed by atoms with Crippen LogP contribution in [0.1, 0.15) is 24.0 Å². The highest BCUT2D eigenvalue weighted by atomic mass is 16.5. The van der Waals surface area contributed by atoms with Gasteiger partial charge in [0.2, 0.25) is 11.8 Å². The first-order chi connectivity index (χ1) is 13.6. The van der Waals surface area contributed by atoms with Gasteiger partial charge in [0.05, 0.1) is 32.5 Å². The summed E-state index contributed by atoms with van der Waals surface area (Å²) in [5.74, 6) is -0.183. The van der Waals surface area contributed by atoms with E-state index >= 15 is 0 Å². The molecule has 0 saturated carbocycles.